The van der Waals surface area contributed by atoms with Crippen LogP contribution in [-0.2, 0) is 26.2 Å². The van der Waals surface area contributed by atoms with E-state index in [1.165, 1.54) is 8.99 Å². The molecule has 10 heteroatoms. The quantitative estimate of drug-likeness (QED) is 0.709. The van der Waals surface area contributed by atoms with E-state index in [0.29, 0.717) is 30.8 Å². The second kappa shape index (κ2) is 8.30. The van der Waals surface area contributed by atoms with Crippen molar-refractivity contribution in [1.29, 1.82) is 0 Å². The van der Waals surface area contributed by atoms with Crippen LogP contribution in [0.4, 0.5) is 0 Å². The summed E-state index contributed by atoms with van der Waals surface area (Å²) in [5.74, 6) is -0.392. The van der Waals surface area contributed by atoms with Crippen LogP contribution < -0.4 is 5.32 Å². The highest BCUT2D eigenvalue weighted by Gasteiger charge is 2.37. The van der Waals surface area contributed by atoms with Gasteiger partial charge in [-0.05, 0) is 52.4 Å². The van der Waals surface area contributed by atoms with Crippen LogP contribution in [-0.4, -0.2) is 71.4 Å². The highest BCUT2D eigenvalue weighted by molar-refractivity contribution is 7.89. The van der Waals surface area contributed by atoms with Gasteiger partial charge >= 0.3 is 0 Å². The summed E-state index contributed by atoms with van der Waals surface area (Å²) >= 11 is 0. The monoisotopic (exact) mass is 437 g/mol. The number of hydrogen-bond donors (Lipinski definition) is 1. The first kappa shape index (κ1) is 21.3. The van der Waals surface area contributed by atoms with Crippen molar-refractivity contribution in [3.8, 4) is 0 Å². The first-order valence-electron chi connectivity index (χ1n) is 10.9. The first-order valence-corrected chi connectivity index (χ1v) is 12.3. The molecule has 4 rings (SSSR count). The van der Waals surface area contributed by atoms with E-state index >= 15 is 0 Å². The van der Waals surface area contributed by atoms with Gasteiger partial charge in [0, 0.05) is 32.2 Å². The Morgan fingerprint density at radius 3 is 2.43 bits per heavy atom. The highest BCUT2D eigenvalue weighted by atomic mass is 32.2. The zero-order valence-corrected chi connectivity index (χ0v) is 18.6. The third-order valence-electron chi connectivity index (χ3n) is 6.34. The molecule has 1 saturated carbocycles. The Bertz CT molecular complexity index is 931. The topological polar surface area (TPSA) is 105 Å². The Hall–Kier alpha value is -1.94. The largest absolute Gasteiger partial charge is 0.353 e. The predicted octanol–water partition coefficient (Wildman–Crippen LogP) is 0.802. The van der Waals surface area contributed by atoms with Gasteiger partial charge < -0.3 is 10.2 Å². The summed E-state index contributed by atoms with van der Waals surface area (Å²) in [6.07, 6.45) is 5.38. The molecule has 2 saturated heterocycles. The zero-order chi connectivity index (χ0) is 21.5. The van der Waals surface area contributed by atoms with E-state index in [-0.39, 0.29) is 41.8 Å². The molecule has 1 unspecified atom stereocenters. The molecule has 9 nitrogen and oxygen atoms in total. The van der Waals surface area contributed by atoms with E-state index in [1.54, 1.807) is 18.7 Å². The minimum absolute atomic E-state index is 0.0307. The van der Waals surface area contributed by atoms with E-state index in [0.717, 1.165) is 38.8 Å². The van der Waals surface area contributed by atoms with Gasteiger partial charge in [-0.25, -0.2) is 8.42 Å². The fourth-order valence-electron chi connectivity index (χ4n) is 4.45. The van der Waals surface area contributed by atoms with Crippen molar-refractivity contribution in [1.82, 2.24) is 24.3 Å². The molecule has 1 N–H and O–H groups in total. The van der Waals surface area contributed by atoms with Crippen molar-refractivity contribution in [3.05, 3.63) is 11.4 Å². The number of nitrogens with zero attached hydrogens (tertiary/aromatic N) is 4. The van der Waals surface area contributed by atoms with Crippen LogP contribution in [0.2, 0.25) is 0 Å². The van der Waals surface area contributed by atoms with E-state index in [9.17, 15) is 18.0 Å². The molecule has 2 amide bonds. The number of piperidine rings is 1. The second-order valence-corrected chi connectivity index (χ2v) is 10.6. The van der Waals surface area contributed by atoms with Crippen molar-refractivity contribution >= 4 is 21.8 Å². The molecule has 3 heterocycles. The van der Waals surface area contributed by atoms with Crippen molar-refractivity contribution in [2.24, 2.45) is 5.92 Å². The predicted molar refractivity (Wildman–Crippen MR) is 110 cm³/mol. The summed E-state index contributed by atoms with van der Waals surface area (Å²) in [4.78, 5) is 26.9. The van der Waals surface area contributed by atoms with Gasteiger partial charge in [0.25, 0.3) is 0 Å². The van der Waals surface area contributed by atoms with E-state index in [2.05, 4.69) is 10.4 Å². The Kier molecular flexibility index (Phi) is 5.89. The number of likely N-dealkylation sites (tertiary alicyclic amines) is 1. The number of rotatable bonds is 6. The molecule has 3 aliphatic rings. The van der Waals surface area contributed by atoms with Crippen LogP contribution in [0.5, 0.6) is 0 Å². The van der Waals surface area contributed by atoms with E-state index < -0.39 is 10.0 Å². The molecule has 1 aromatic heterocycles. The molecule has 2 aliphatic heterocycles. The van der Waals surface area contributed by atoms with Crippen LogP contribution >= 0.6 is 0 Å². The van der Waals surface area contributed by atoms with Crippen LogP contribution in [0.25, 0.3) is 0 Å². The highest BCUT2D eigenvalue weighted by Crippen LogP contribution is 2.29. The number of aryl methyl sites for hydroxylation is 1. The van der Waals surface area contributed by atoms with Crippen LogP contribution in [0.15, 0.2) is 4.90 Å². The average Bonchev–Trinajstić information content (AvgIpc) is 3.24. The van der Waals surface area contributed by atoms with Crippen LogP contribution in [0.3, 0.4) is 0 Å². The first-order chi connectivity index (χ1) is 14.3. The van der Waals surface area contributed by atoms with Crippen molar-refractivity contribution in [3.63, 3.8) is 0 Å². The lowest BCUT2D eigenvalue weighted by Gasteiger charge is -2.31. The zero-order valence-electron chi connectivity index (χ0n) is 17.8. The molecule has 1 aliphatic carbocycles. The molecule has 30 heavy (non-hydrogen) atoms. The average molecular weight is 438 g/mol. The normalized spacial score (nSPS) is 23.0. The number of carbonyl (C=O) groups is 2. The fraction of sp³-hybridized carbons (Fsp3) is 0.750. The Balaban J connectivity index is 1.50. The third kappa shape index (κ3) is 4.25. The number of hydrogen-bond acceptors (Lipinski definition) is 5. The Morgan fingerprint density at radius 2 is 1.77 bits per heavy atom. The molecule has 0 bridgehead atoms. The standard InChI is InChI=1S/C20H31N5O4S/c1-14-19(15(2)25(22-14)13-18(26)23-9-3-4-10-23)30(28,29)24-11-5-6-16(12-24)20(27)21-17-7-8-17/h16-17H,3-13H2,1-2H3,(H,21,27). The summed E-state index contributed by atoms with van der Waals surface area (Å²) < 4.78 is 29.8. The van der Waals surface area contributed by atoms with Crippen LogP contribution in [0, 0.1) is 19.8 Å². The Labute approximate surface area is 177 Å². The van der Waals surface area contributed by atoms with Gasteiger partial charge in [0.15, 0.2) is 0 Å². The molecular weight excluding hydrogens is 406 g/mol. The molecular formula is C20H31N5O4S. The van der Waals surface area contributed by atoms with Crippen molar-refractivity contribution in [2.45, 2.75) is 69.9 Å². The van der Waals surface area contributed by atoms with Gasteiger partial charge in [-0.2, -0.15) is 9.40 Å². The number of amides is 2. The van der Waals surface area contributed by atoms with Gasteiger partial charge in [0.2, 0.25) is 21.8 Å². The molecule has 0 radical (unpaired) electrons. The maximum Gasteiger partial charge on any atom is 0.246 e. The number of carbonyl (C=O) groups excluding carboxylic acids is 2. The smallest absolute Gasteiger partial charge is 0.246 e. The second-order valence-electron chi connectivity index (χ2n) is 8.73. The maximum absolute atomic E-state index is 13.4. The summed E-state index contributed by atoms with van der Waals surface area (Å²) in [5.41, 5.74) is 0.871. The minimum atomic E-state index is -3.79. The van der Waals surface area contributed by atoms with E-state index in [4.69, 9.17) is 0 Å². The SMILES string of the molecule is Cc1nn(CC(=O)N2CCCC2)c(C)c1S(=O)(=O)N1CCCC(C(=O)NC2CC2)C1. The lowest BCUT2D eigenvalue weighted by Crippen LogP contribution is -2.46. The van der Waals surface area contributed by atoms with Crippen LogP contribution in [0.1, 0.15) is 49.9 Å². The lowest BCUT2D eigenvalue weighted by molar-refractivity contribution is -0.131. The minimum Gasteiger partial charge on any atom is -0.353 e. The van der Waals surface area contributed by atoms with Gasteiger partial charge in [-0.15, -0.1) is 0 Å². The van der Waals surface area contributed by atoms with Gasteiger partial charge in [-0.3, -0.25) is 14.3 Å². The molecule has 0 aromatic carbocycles. The van der Waals surface area contributed by atoms with Gasteiger partial charge in [0.1, 0.15) is 11.4 Å². The van der Waals surface area contributed by atoms with E-state index in [1.807, 2.05) is 0 Å². The molecule has 1 atom stereocenters. The van der Waals surface area contributed by atoms with Gasteiger partial charge in [-0.1, -0.05) is 0 Å². The Morgan fingerprint density at radius 1 is 1.07 bits per heavy atom. The molecule has 1 aromatic rings. The third-order valence-corrected chi connectivity index (χ3v) is 8.45. The fourth-order valence-corrected chi connectivity index (χ4v) is 6.35. The summed E-state index contributed by atoms with van der Waals surface area (Å²) in [7, 11) is -3.79. The summed E-state index contributed by atoms with van der Waals surface area (Å²) in [6, 6.07) is 0.264. The molecule has 3 fully saturated rings. The number of sulfonamides is 1. The lowest BCUT2D eigenvalue weighted by atomic mass is 9.99. The molecule has 166 valence electrons. The number of nitrogens with one attached hydrogen (secondary N) is 1. The van der Waals surface area contributed by atoms with Crippen molar-refractivity contribution in [2.75, 3.05) is 26.2 Å². The molecule has 0 spiro atoms. The number of aromatic nitrogens is 2. The maximum atomic E-state index is 13.4. The van der Waals surface area contributed by atoms with Gasteiger partial charge in [0.05, 0.1) is 17.3 Å². The summed E-state index contributed by atoms with van der Waals surface area (Å²) in [5, 5.41) is 7.36. The van der Waals surface area contributed by atoms with Crippen molar-refractivity contribution < 1.29 is 18.0 Å². The summed E-state index contributed by atoms with van der Waals surface area (Å²) in [6.45, 7) is 5.50.